The summed E-state index contributed by atoms with van der Waals surface area (Å²) in [5.74, 6) is 2.73. The number of amides is 1. The van der Waals surface area contributed by atoms with E-state index in [1.54, 1.807) is 6.20 Å². The first-order valence-electron chi connectivity index (χ1n) is 9.57. The standard InChI is InChI=1S/C21H26N2O2/c1-2-16-9-10-20(25-16)19-8-4-3-5-12-23(19)21(24)18-13-17(18)15-7-6-11-22-14-15/h6-7,9-11,14,17-19H,2-5,8,12-13H2,1H3/t17-,18+,19-/m0/s1. The number of aryl methyl sites for hydroxylation is 1. The fourth-order valence-electron chi connectivity index (χ4n) is 4.08. The molecule has 0 bridgehead atoms. The molecule has 2 aromatic rings. The molecule has 2 aliphatic rings. The summed E-state index contributed by atoms with van der Waals surface area (Å²) in [4.78, 5) is 19.5. The second-order valence-corrected chi connectivity index (χ2v) is 7.29. The van der Waals surface area contributed by atoms with Gasteiger partial charge in [0.15, 0.2) is 0 Å². The lowest BCUT2D eigenvalue weighted by molar-refractivity contribution is -0.135. The molecule has 3 heterocycles. The second-order valence-electron chi connectivity index (χ2n) is 7.29. The molecule has 1 saturated heterocycles. The highest BCUT2D eigenvalue weighted by atomic mass is 16.3. The first-order chi connectivity index (χ1) is 12.3. The molecule has 4 rings (SSSR count). The molecule has 2 aromatic heterocycles. The van der Waals surface area contributed by atoms with Crippen molar-refractivity contribution >= 4 is 5.91 Å². The zero-order chi connectivity index (χ0) is 17.2. The summed E-state index contributed by atoms with van der Waals surface area (Å²) in [6, 6.07) is 8.27. The van der Waals surface area contributed by atoms with E-state index >= 15 is 0 Å². The number of nitrogens with zero attached hydrogens (tertiary/aromatic N) is 2. The lowest BCUT2D eigenvalue weighted by Crippen LogP contribution is -2.36. The Bertz CT molecular complexity index is 725. The Kier molecular flexibility index (Phi) is 4.60. The van der Waals surface area contributed by atoms with Gasteiger partial charge in [0.2, 0.25) is 5.91 Å². The molecule has 1 aliphatic carbocycles. The maximum absolute atomic E-state index is 13.2. The van der Waals surface area contributed by atoms with Crippen molar-refractivity contribution in [3.8, 4) is 0 Å². The SMILES string of the molecule is CCc1ccc([C@@H]2CCCCCN2C(=O)[C@@H]2C[C@H]2c2cccnc2)o1. The molecule has 0 spiro atoms. The Labute approximate surface area is 149 Å². The van der Waals surface area contributed by atoms with Gasteiger partial charge in [0.1, 0.15) is 11.5 Å². The highest BCUT2D eigenvalue weighted by Crippen LogP contribution is 2.49. The third kappa shape index (κ3) is 3.35. The van der Waals surface area contributed by atoms with E-state index in [1.807, 2.05) is 12.3 Å². The lowest BCUT2D eigenvalue weighted by atomic mass is 10.1. The van der Waals surface area contributed by atoms with Gasteiger partial charge < -0.3 is 9.32 Å². The van der Waals surface area contributed by atoms with E-state index < -0.39 is 0 Å². The van der Waals surface area contributed by atoms with Gasteiger partial charge in [-0.05, 0) is 48.9 Å². The highest BCUT2D eigenvalue weighted by molar-refractivity contribution is 5.83. The van der Waals surface area contributed by atoms with Gasteiger partial charge in [-0.2, -0.15) is 0 Å². The number of furan rings is 1. The molecule has 1 aliphatic heterocycles. The van der Waals surface area contributed by atoms with Gasteiger partial charge >= 0.3 is 0 Å². The molecule has 1 saturated carbocycles. The van der Waals surface area contributed by atoms with Crippen LogP contribution in [0, 0.1) is 5.92 Å². The normalized spacial score (nSPS) is 26.3. The van der Waals surface area contributed by atoms with Gasteiger partial charge in [-0.25, -0.2) is 0 Å². The quantitative estimate of drug-likeness (QED) is 0.825. The molecule has 0 unspecified atom stereocenters. The van der Waals surface area contributed by atoms with Crippen molar-refractivity contribution in [2.24, 2.45) is 5.92 Å². The molecule has 0 N–H and O–H groups in total. The fourth-order valence-corrected chi connectivity index (χ4v) is 4.08. The van der Waals surface area contributed by atoms with E-state index in [9.17, 15) is 4.79 Å². The van der Waals surface area contributed by atoms with E-state index in [2.05, 4.69) is 35.0 Å². The Hall–Kier alpha value is -2.10. The number of carbonyl (C=O) groups is 1. The minimum absolute atomic E-state index is 0.102. The predicted octanol–water partition coefficient (Wildman–Crippen LogP) is 4.48. The van der Waals surface area contributed by atoms with Gasteiger partial charge in [0, 0.05) is 31.3 Å². The van der Waals surface area contributed by atoms with Gasteiger partial charge in [0.05, 0.1) is 6.04 Å². The molecule has 25 heavy (non-hydrogen) atoms. The largest absolute Gasteiger partial charge is 0.464 e. The molecule has 2 fully saturated rings. The summed E-state index contributed by atoms with van der Waals surface area (Å²) in [7, 11) is 0. The molecule has 1 amide bonds. The van der Waals surface area contributed by atoms with Crippen LogP contribution in [-0.4, -0.2) is 22.3 Å². The van der Waals surface area contributed by atoms with Crippen molar-refractivity contribution in [2.75, 3.05) is 6.54 Å². The van der Waals surface area contributed by atoms with Gasteiger partial charge in [-0.3, -0.25) is 9.78 Å². The van der Waals surface area contributed by atoms with Crippen LogP contribution in [0.4, 0.5) is 0 Å². The van der Waals surface area contributed by atoms with Crippen LogP contribution in [0.2, 0.25) is 0 Å². The smallest absolute Gasteiger partial charge is 0.226 e. The van der Waals surface area contributed by atoms with Crippen LogP contribution in [0.15, 0.2) is 41.1 Å². The van der Waals surface area contributed by atoms with Gasteiger partial charge in [0.25, 0.3) is 0 Å². The zero-order valence-corrected chi connectivity index (χ0v) is 14.9. The van der Waals surface area contributed by atoms with Gasteiger partial charge in [-0.1, -0.05) is 25.8 Å². The Morgan fingerprint density at radius 2 is 2.20 bits per heavy atom. The molecule has 0 radical (unpaired) electrons. The Morgan fingerprint density at radius 1 is 1.28 bits per heavy atom. The Morgan fingerprint density at radius 3 is 2.96 bits per heavy atom. The van der Waals surface area contributed by atoms with Crippen molar-refractivity contribution in [1.82, 2.24) is 9.88 Å². The fraction of sp³-hybridized carbons (Fsp3) is 0.524. The second kappa shape index (κ2) is 7.03. The highest BCUT2D eigenvalue weighted by Gasteiger charge is 2.47. The molecule has 132 valence electrons. The molecule has 4 nitrogen and oxygen atoms in total. The van der Waals surface area contributed by atoms with Crippen LogP contribution in [0.1, 0.15) is 68.1 Å². The first-order valence-corrected chi connectivity index (χ1v) is 9.57. The topological polar surface area (TPSA) is 46.3 Å². The number of carbonyl (C=O) groups excluding carboxylic acids is 1. The van der Waals surface area contributed by atoms with Crippen LogP contribution in [0.5, 0.6) is 0 Å². The molecule has 3 atom stereocenters. The van der Waals surface area contributed by atoms with E-state index in [0.717, 1.165) is 50.2 Å². The third-order valence-electron chi connectivity index (χ3n) is 5.62. The monoisotopic (exact) mass is 338 g/mol. The number of hydrogen-bond donors (Lipinski definition) is 0. The van der Waals surface area contributed by atoms with Crippen LogP contribution < -0.4 is 0 Å². The van der Waals surface area contributed by atoms with Gasteiger partial charge in [-0.15, -0.1) is 0 Å². The van der Waals surface area contributed by atoms with Crippen LogP contribution in [0.25, 0.3) is 0 Å². The van der Waals surface area contributed by atoms with E-state index in [1.165, 1.54) is 12.0 Å². The number of hydrogen-bond acceptors (Lipinski definition) is 3. The van der Waals surface area contributed by atoms with Crippen LogP contribution in [-0.2, 0) is 11.2 Å². The van der Waals surface area contributed by atoms with Crippen molar-refractivity contribution < 1.29 is 9.21 Å². The number of pyridine rings is 1. The summed E-state index contributed by atoms with van der Waals surface area (Å²) in [6.45, 7) is 2.95. The Balaban J connectivity index is 1.52. The number of aromatic nitrogens is 1. The predicted molar refractivity (Wildman–Crippen MR) is 96.1 cm³/mol. The average Bonchev–Trinajstić information content (AvgIpc) is 3.38. The number of rotatable bonds is 4. The molecular weight excluding hydrogens is 312 g/mol. The van der Waals surface area contributed by atoms with E-state index in [-0.39, 0.29) is 12.0 Å². The van der Waals surface area contributed by atoms with Crippen LogP contribution in [0.3, 0.4) is 0 Å². The maximum atomic E-state index is 13.2. The van der Waals surface area contributed by atoms with Crippen molar-refractivity contribution in [3.63, 3.8) is 0 Å². The average molecular weight is 338 g/mol. The maximum Gasteiger partial charge on any atom is 0.226 e. The third-order valence-corrected chi connectivity index (χ3v) is 5.62. The van der Waals surface area contributed by atoms with E-state index in [4.69, 9.17) is 4.42 Å². The van der Waals surface area contributed by atoms with Crippen molar-refractivity contribution in [3.05, 3.63) is 53.7 Å². The first kappa shape index (κ1) is 16.4. The summed E-state index contributed by atoms with van der Waals surface area (Å²) >= 11 is 0. The molecule has 4 heteroatoms. The summed E-state index contributed by atoms with van der Waals surface area (Å²) in [5.41, 5.74) is 1.19. The number of likely N-dealkylation sites (tertiary alicyclic amines) is 1. The minimum Gasteiger partial charge on any atom is -0.464 e. The molecular formula is C21H26N2O2. The summed E-state index contributed by atoms with van der Waals surface area (Å²) < 4.78 is 6.02. The zero-order valence-electron chi connectivity index (χ0n) is 14.9. The van der Waals surface area contributed by atoms with Crippen molar-refractivity contribution in [1.29, 1.82) is 0 Å². The lowest BCUT2D eigenvalue weighted by Gasteiger charge is -2.29. The van der Waals surface area contributed by atoms with Crippen LogP contribution >= 0.6 is 0 Å². The minimum atomic E-state index is 0.102. The summed E-state index contributed by atoms with van der Waals surface area (Å²) in [5, 5.41) is 0. The van der Waals surface area contributed by atoms with Crippen molar-refractivity contribution in [2.45, 2.75) is 57.4 Å². The summed E-state index contributed by atoms with van der Waals surface area (Å²) in [6.07, 6.45) is 9.98. The molecule has 0 aromatic carbocycles. The van der Waals surface area contributed by atoms with E-state index in [0.29, 0.717) is 11.8 Å².